The Hall–Kier alpha value is -1.54. The Morgan fingerprint density at radius 3 is 2.50 bits per heavy atom. The van der Waals surface area contributed by atoms with E-state index in [1.54, 1.807) is 6.08 Å². The molecule has 0 saturated heterocycles. The van der Waals surface area contributed by atoms with Crippen molar-refractivity contribution in [2.24, 2.45) is 5.92 Å². The highest BCUT2D eigenvalue weighted by Gasteiger charge is 1.93. The summed E-state index contributed by atoms with van der Waals surface area (Å²) in [4.78, 5) is 3.06. The summed E-state index contributed by atoms with van der Waals surface area (Å²) in [6.45, 7) is 12.6. The maximum Gasteiger partial charge on any atom is 0.262 e. The summed E-state index contributed by atoms with van der Waals surface area (Å²) in [5, 5.41) is 8.45. The maximum atomic E-state index is 8.45. The lowest BCUT2D eigenvalue weighted by atomic mass is 10.1. The lowest BCUT2D eigenvalue weighted by Gasteiger charge is -1.96. The molecule has 0 aliphatic heterocycles. The number of nitrogens with zero attached hydrogens (tertiary/aromatic N) is 2. The van der Waals surface area contributed by atoms with Gasteiger partial charge in [-0.1, -0.05) is 25.5 Å². The maximum absolute atomic E-state index is 8.45. The van der Waals surface area contributed by atoms with Crippen LogP contribution in [0.1, 0.15) is 20.8 Å². The predicted octanol–water partition coefficient (Wildman–Crippen LogP) is 2.92. The van der Waals surface area contributed by atoms with Gasteiger partial charge in [0.15, 0.2) is 0 Å². The summed E-state index contributed by atoms with van der Waals surface area (Å²) in [5.41, 5.74) is 1.11. The van der Waals surface area contributed by atoms with Crippen LogP contribution in [0.15, 0.2) is 23.4 Å². The fourth-order valence-corrected chi connectivity index (χ4v) is 0.879. The fraction of sp³-hybridized carbons (Fsp3) is 0.400. The molecule has 2 heteroatoms. The zero-order valence-electron chi connectivity index (χ0n) is 7.63. The first-order chi connectivity index (χ1) is 5.60. The molecule has 0 atom stereocenters. The molecule has 0 rings (SSSR count). The van der Waals surface area contributed by atoms with Crippen LogP contribution in [0, 0.1) is 23.8 Å². The van der Waals surface area contributed by atoms with E-state index in [0.717, 1.165) is 5.57 Å². The second kappa shape index (κ2) is 5.16. The van der Waals surface area contributed by atoms with Crippen LogP contribution >= 0.6 is 0 Å². The fourth-order valence-electron chi connectivity index (χ4n) is 0.879. The summed E-state index contributed by atoms with van der Waals surface area (Å²) in [6, 6.07) is 1.82. The van der Waals surface area contributed by atoms with Gasteiger partial charge >= 0.3 is 0 Å². The van der Waals surface area contributed by atoms with E-state index in [1.165, 1.54) is 0 Å². The molecule has 0 aromatic rings. The van der Waals surface area contributed by atoms with Crippen molar-refractivity contribution in [3.8, 4) is 6.07 Å². The molecule has 0 unspecified atom stereocenters. The highest BCUT2D eigenvalue weighted by atomic mass is 14.7. The van der Waals surface area contributed by atoms with Crippen LogP contribution in [0.2, 0.25) is 0 Å². The number of hydrogen-bond acceptors (Lipinski definition) is 1. The number of hydrogen-bond donors (Lipinski definition) is 0. The van der Waals surface area contributed by atoms with Gasteiger partial charge in [-0.15, -0.1) is 0 Å². The van der Waals surface area contributed by atoms with Crippen molar-refractivity contribution in [3.05, 3.63) is 34.8 Å². The van der Waals surface area contributed by atoms with Gasteiger partial charge in [-0.3, -0.25) is 0 Å². The summed E-state index contributed by atoms with van der Waals surface area (Å²) in [5.74, 6) is 0.451. The topological polar surface area (TPSA) is 28.1 Å². The Labute approximate surface area is 73.6 Å². The summed E-state index contributed by atoms with van der Waals surface area (Å²) in [7, 11) is 0. The molecule has 0 N–H and O–H groups in total. The van der Waals surface area contributed by atoms with E-state index in [0.29, 0.717) is 5.92 Å². The summed E-state index contributed by atoms with van der Waals surface area (Å²) >= 11 is 0. The minimum Gasteiger partial charge on any atom is -0.227 e. The zero-order chi connectivity index (χ0) is 9.56. The molecule has 62 valence electrons. The van der Waals surface area contributed by atoms with Gasteiger partial charge in [-0.25, -0.2) is 10.1 Å². The van der Waals surface area contributed by atoms with Crippen molar-refractivity contribution in [2.45, 2.75) is 20.8 Å². The minimum absolute atomic E-state index is 0.143. The SMILES string of the molecule is [C-]#[N+]/C(C#N)=C\C(C)=C\C(C)C. The van der Waals surface area contributed by atoms with E-state index in [2.05, 4.69) is 18.7 Å². The largest absolute Gasteiger partial charge is 0.262 e. The smallest absolute Gasteiger partial charge is 0.227 e. The standard InChI is InChI=1S/C10H12N2/c1-8(2)5-9(3)6-10(7-11)12-4/h5-6,8H,1-3H3/b9-5+,10-6-. The van der Waals surface area contributed by atoms with Crippen molar-refractivity contribution in [1.82, 2.24) is 0 Å². The molecule has 2 nitrogen and oxygen atoms in total. The van der Waals surface area contributed by atoms with E-state index < -0.39 is 0 Å². The Bertz CT molecular complexity index is 266. The molecular weight excluding hydrogens is 148 g/mol. The average molecular weight is 160 g/mol. The Balaban J connectivity index is 4.57. The number of nitriles is 1. The van der Waals surface area contributed by atoms with E-state index >= 15 is 0 Å². The van der Waals surface area contributed by atoms with Gasteiger partial charge in [-0.05, 0) is 18.9 Å². The molecule has 0 fully saturated rings. The number of allylic oxidation sites excluding steroid dienone is 4. The molecule has 0 aliphatic carbocycles. The second-order valence-corrected chi connectivity index (χ2v) is 2.91. The highest BCUT2D eigenvalue weighted by molar-refractivity contribution is 5.34. The van der Waals surface area contributed by atoms with Crippen LogP contribution < -0.4 is 0 Å². The van der Waals surface area contributed by atoms with E-state index in [9.17, 15) is 0 Å². The quantitative estimate of drug-likeness (QED) is 0.347. The first kappa shape index (κ1) is 10.5. The molecule has 0 spiro atoms. The normalized spacial score (nSPS) is 12.5. The van der Waals surface area contributed by atoms with E-state index in [1.807, 2.05) is 19.1 Å². The van der Waals surface area contributed by atoms with Crippen LogP contribution in [-0.2, 0) is 0 Å². The summed E-state index contributed by atoms with van der Waals surface area (Å²) < 4.78 is 0. The first-order valence-electron chi connectivity index (χ1n) is 3.77. The van der Waals surface area contributed by atoms with Crippen molar-refractivity contribution < 1.29 is 0 Å². The first-order valence-corrected chi connectivity index (χ1v) is 3.77. The molecule has 0 aromatic carbocycles. The van der Waals surface area contributed by atoms with Crippen LogP contribution in [0.3, 0.4) is 0 Å². The van der Waals surface area contributed by atoms with Gasteiger partial charge in [0, 0.05) is 0 Å². The minimum atomic E-state index is 0.143. The molecule has 0 heterocycles. The van der Waals surface area contributed by atoms with Crippen molar-refractivity contribution in [2.75, 3.05) is 0 Å². The zero-order valence-corrected chi connectivity index (χ0v) is 7.63. The molecule has 0 bridgehead atoms. The Morgan fingerprint density at radius 2 is 2.17 bits per heavy atom. The van der Waals surface area contributed by atoms with Crippen LogP contribution in [-0.4, -0.2) is 0 Å². The van der Waals surface area contributed by atoms with E-state index in [4.69, 9.17) is 11.8 Å². The highest BCUT2D eigenvalue weighted by Crippen LogP contribution is 2.06. The molecule has 0 radical (unpaired) electrons. The third-order valence-electron chi connectivity index (χ3n) is 1.20. The van der Waals surface area contributed by atoms with Gasteiger partial charge in [0.05, 0.1) is 12.6 Å². The molecule has 0 aromatic heterocycles. The predicted molar refractivity (Wildman–Crippen MR) is 48.9 cm³/mol. The monoisotopic (exact) mass is 160 g/mol. The third kappa shape index (κ3) is 4.30. The van der Waals surface area contributed by atoms with Crippen molar-refractivity contribution in [1.29, 1.82) is 5.26 Å². The van der Waals surface area contributed by atoms with E-state index in [-0.39, 0.29) is 5.70 Å². The molecular formula is C10H12N2. The lowest BCUT2D eigenvalue weighted by molar-refractivity contribution is 0.825. The van der Waals surface area contributed by atoms with Crippen LogP contribution in [0.25, 0.3) is 4.85 Å². The van der Waals surface area contributed by atoms with Gasteiger partial charge in [0.25, 0.3) is 5.70 Å². The Morgan fingerprint density at radius 1 is 1.58 bits per heavy atom. The van der Waals surface area contributed by atoms with Gasteiger partial charge < -0.3 is 0 Å². The average Bonchev–Trinajstić information content (AvgIpc) is 1.98. The lowest BCUT2D eigenvalue weighted by Crippen LogP contribution is -1.81. The number of rotatable bonds is 2. The van der Waals surface area contributed by atoms with Crippen molar-refractivity contribution >= 4 is 0 Å². The molecule has 12 heavy (non-hydrogen) atoms. The molecule has 0 saturated carbocycles. The molecule has 0 amide bonds. The van der Waals surface area contributed by atoms with Gasteiger partial charge in [-0.2, -0.15) is 0 Å². The van der Waals surface area contributed by atoms with Gasteiger partial charge in [0.2, 0.25) is 0 Å². The Kier molecular flexibility index (Phi) is 4.49. The summed E-state index contributed by atoms with van der Waals surface area (Å²) in [6.07, 6.45) is 3.62. The van der Waals surface area contributed by atoms with Gasteiger partial charge in [0.1, 0.15) is 0 Å². The second-order valence-electron chi connectivity index (χ2n) is 2.91. The van der Waals surface area contributed by atoms with Crippen LogP contribution in [0.4, 0.5) is 0 Å². The van der Waals surface area contributed by atoms with Crippen LogP contribution in [0.5, 0.6) is 0 Å². The third-order valence-corrected chi connectivity index (χ3v) is 1.20. The molecule has 0 aliphatic rings. The van der Waals surface area contributed by atoms with Crippen molar-refractivity contribution in [3.63, 3.8) is 0 Å².